The Morgan fingerprint density at radius 1 is 1.10 bits per heavy atom. The average molecular weight is 285 g/mol. The van der Waals surface area contributed by atoms with E-state index in [-0.39, 0.29) is 0 Å². The summed E-state index contributed by atoms with van der Waals surface area (Å²) in [7, 11) is 0. The Hall–Kier alpha value is -0.820. The zero-order chi connectivity index (χ0) is 14.7. The summed E-state index contributed by atoms with van der Waals surface area (Å²) in [4.78, 5) is 0. The van der Waals surface area contributed by atoms with Crippen LogP contribution in [0.15, 0.2) is 18.2 Å². The molecule has 0 amide bonds. The molecule has 1 nitrogen and oxygen atoms in total. The lowest BCUT2D eigenvalue weighted by Crippen LogP contribution is -2.31. The molecule has 0 saturated heterocycles. The van der Waals surface area contributed by atoms with Gasteiger partial charge in [-0.2, -0.15) is 0 Å². The van der Waals surface area contributed by atoms with E-state index in [9.17, 15) is 0 Å². The van der Waals surface area contributed by atoms with E-state index in [1.807, 2.05) is 0 Å². The predicted molar refractivity (Wildman–Crippen MR) is 90.6 cm³/mol. The molecule has 3 rings (SSSR count). The number of aryl methyl sites for hydroxylation is 2. The van der Waals surface area contributed by atoms with Crippen LogP contribution in [0.2, 0.25) is 0 Å². The SMILES string of the molecule is CCCNC(c1ccc2c(c1)CCC2)C1CCC(C)CC1. The van der Waals surface area contributed by atoms with Gasteiger partial charge in [-0.25, -0.2) is 0 Å². The first-order valence-electron chi connectivity index (χ1n) is 9.13. The van der Waals surface area contributed by atoms with Crippen molar-refractivity contribution in [3.05, 3.63) is 34.9 Å². The molecule has 1 heteroatoms. The quantitative estimate of drug-likeness (QED) is 0.799. The maximum absolute atomic E-state index is 3.86. The number of hydrogen-bond donors (Lipinski definition) is 1. The Kier molecular flexibility index (Phi) is 5.00. The van der Waals surface area contributed by atoms with Crippen LogP contribution in [0.5, 0.6) is 0 Å². The van der Waals surface area contributed by atoms with Crippen LogP contribution in [0.1, 0.15) is 75.1 Å². The monoisotopic (exact) mass is 285 g/mol. The zero-order valence-electron chi connectivity index (χ0n) is 13.8. The molecule has 0 heterocycles. The highest BCUT2D eigenvalue weighted by Gasteiger charge is 2.27. The Balaban J connectivity index is 1.78. The third-order valence-corrected chi connectivity index (χ3v) is 5.63. The molecule has 1 N–H and O–H groups in total. The normalized spacial score (nSPS) is 26.6. The van der Waals surface area contributed by atoms with Gasteiger partial charge in [0.2, 0.25) is 0 Å². The van der Waals surface area contributed by atoms with E-state index >= 15 is 0 Å². The Labute approximate surface area is 130 Å². The van der Waals surface area contributed by atoms with Crippen molar-refractivity contribution in [2.24, 2.45) is 11.8 Å². The maximum Gasteiger partial charge on any atom is 0.0348 e. The van der Waals surface area contributed by atoms with Gasteiger partial charge in [0.25, 0.3) is 0 Å². The summed E-state index contributed by atoms with van der Waals surface area (Å²) < 4.78 is 0. The molecule has 1 unspecified atom stereocenters. The van der Waals surface area contributed by atoms with Gasteiger partial charge in [0, 0.05) is 6.04 Å². The van der Waals surface area contributed by atoms with Crippen LogP contribution in [0, 0.1) is 11.8 Å². The maximum atomic E-state index is 3.86. The summed E-state index contributed by atoms with van der Waals surface area (Å²) in [6, 6.07) is 7.93. The second-order valence-corrected chi connectivity index (χ2v) is 7.33. The van der Waals surface area contributed by atoms with Crippen molar-refractivity contribution in [2.45, 2.75) is 71.3 Å². The van der Waals surface area contributed by atoms with Crippen LogP contribution in [0.4, 0.5) is 0 Å². The van der Waals surface area contributed by atoms with Gasteiger partial charge in [0.15, 0.2) is 0 Å². The van der Waals surface area contributed by atoms with Gasteiger partial charge < -0.3 is 5.32 Å². The molecule has 0 bridgehead atoms. The minimum absolute atomic E-state index is 0.586. The van der Waals surface area contributed by atoms with Crippen molar-refractivity contribution in [3.63, 3.8) is 0 Å². The standard InChI is InChI=1S/C20H31N/c1-3-13-21-20(17-9-7-15(2)8-10-17)19-12-11-16-5-4-6-18(16)14-19/h11-12,14-15,17,20-21H,3-10,13H2,1-2H3. The van der Waals surface area contributed by atoms with Crippen LogP contribution in [0.3, 0.4) is 0 Å². The fraction of sp³-hybridized carbons (Fsp3) is 0.700. The lowest BCUT2D eigenvalue weighted by molar-refractivity contribution is 0.231. The zero-order valence-corrected chi connectivity index (χ0v) is 13.8. The highest BCUT2D eigenvalue weighted by Crippen LogP contribution is 2.38. The fourth-order valence-electron chi connectivity index (χ4n) is 4.26. The topological polar surface area (TPSA) is 12.0 Å². The van der Waals surface area contributed by atoms with Gasteiger partial charge in [0.1, 0.15) is 0 Å². The largest absolute Gasteiger partial charge is 0.310 e. The van der Waals surface area contributed by atoms with Gasteiger partial charge in [-0.15, -0.1) is 0 Å². The van der Waals surface area contributed by atoms with Gasteiger partial charge >= 0.3 is 0 Å². The molecule has 2 aliphatic carbocycles. The number of hydrogen-bond acceptors (Lipinski definition) is 1. The van der Waals surface area contributed by atoms with E-state index in [4.69, 9.17) is 0 Å². The number of benzene rings is 1. The van der Waals surface area contributed by atoms with Crippen molar-refractivity contribution in [1.29, 1.82) is 0 Å². The lowest BCUT2D eigenvalue weighted by atomic mass is 9.77. The number of rotatable bonds is 5. The summed E-state index contributed by atoms with van der Waals surface area (Å²) in [6.07, 6.45) is 10.8. The predicted octanol–water partition coefficient (Wildman–Crippen LogP) is 5.04. The lowest BCUT2D eigenvalue weighted by Gasteiger charge is -2.34. The molecule has 1 aromatic carbocycles. The Bertz CT molecular complexity index is 457. The van der Waals surface area contributed by atoms with E-state index in [1.54, 1.807) is 16.7 Å². The number of nitrogens with one attached hydrogen (secondary N) is 1. The second-order valence-electron chi connectivity index (χ2n) is 7.33. The van der Waals surface area contributed by atoms with Crippen molar-refractivity contribution in [2.75, 3.05) is 6.54 Å². The van der Waals surface area contributed by atoms with Crippen molar-refractivity contribution >= 4 is 0 Å². The van der Waals surface area contributed by atoms with Crippen molar-refractivity contribution in [3.8, 4) is 0 Å². The molecule has 0 spiro atoms. The van der Waals surface area contributed by atoms with Gasteiger partial charge in [0.05, 0.1) is 0 Å². The highest BCUT2D eigenvalue weighted by molar-refractivity contribution is 5.36. The first-order chi connectivity index (χ1) is 10.3. The molecule has 0 radical (unpaired) electrons. The summed E-state index contributed by atoms with van der Waals surface area (Å²) in [6.45, 7) is 5.84. The molecular formula is C20H31N. The second kappa shape index (κ2) is 6.96. The van der Waals surface area contributed by atoms with E-state index in [1.165, 1.54) is 51.4 Å². The average Bonchev–Trinajstić information content (AvgIpc) is 2.97. The number of fused-ring (bicyclic) bond motifs is 1. The molecule has 1 fully saturated rings. The third kappa shape index (κ3) is 3.51. The van der Waals surface area contributed by atoms with Gasteiger partial charge in [-0.3, -0.25) is 0 Å². The molecule has 0 aromatic heterocycles. The molecule has 1 atom stereocenters. The van der Waals surface area contributed by atoms with E-state index in [0.717, 1.165) is 18.4 Å². The highest BCUT2D eigenvalue weighted by atomic mass is 14.9. The first-order valence-corrected chi connectivity index (χ1v) is 9.13. The molecule has 1 saturated carbocycles. The molecular weight excluding hydrogens is 254 g/mol. The summed E-state index contributed by atoms with van der Waals surface area (Å²) >= 11 is 0. The smallest absolute Gasteiger partial charge is 0.0348 e. The van der Waals surface area contributed by atoms with E-state index < -0.39 is 0 Å². The molecule has 0 aliphatic heterocycles. The van der Waals surface area contributed by atoms with Crippen molar-refractivity contribution < 1.29 is 0 Å². The van der Waals surface area contributed by atoms with Crippen molar-refractivity contribution in [1.82, 2.24) is 5.32 Å². The van der Waals surface area contributed by atoms with Crippen LogP contribution in [-0.4, -0.2) is 6.54 Å². The van der Waals surface area contributed by atoms with E-state index in [0.29, 0.717) is 6.04 Å². The summed E-state index contributed by atoms with van der Waals surface area (Å²) in [5.41, 5.74) is 4.79. The van der Waals surface area contributed by atoms with Crippen LogP contribution >= 0.6 is 0 Å². The molecule has 1 aromatic rings. The molecule has 21 heavy (non-hydrogen) atoms. The Morgan fingerprint density at radius 3 is 2.62 bits per heavy atom. The third-order valence-electron chi connectivity index (χ3n) is 5.63. The van der Waals surface area contributed by atoms with E-state index in [2.05, 4.69) is 37.4 Å². The molecule has 2 aliphatic rings. The summed E-state index contributed by atoms with van der Waals surface area (Å²) in [5, 5.41) is 3.86. The van der Waals surface area contributed by atoms with Crippen LogP contribution < -0.4 is 5.32 Å². The van der Waals surface area contributed by atoms with Gasteiger partial charge in [-0.1, -0.05) is 44.9 Å². The Morgan fingerprint density at radius 2 is 1.86 bits per heavy atom. The van der Waals surface area contributed by atoms with Gasteiger partial charge in [-0.05, 0) is 73.6 Å². The minimum Gasteiger partial charge on any atom is -0.310 e. The first kappa shape index (κ1) is 15.1. The molecule has 116 valence electrons. The summed E-state index contributed by atoms with van der Waals surface area (Å²) in [5.74, 6) is 1.78. The minimum atomic E-state index is 0.586. The van der Waals surface area contributed by atoms with Crippen LogP contribution in [-0.2, 0) is 12.8 Å². The fourth-order valence-corrected chi connectivity index (χ4v) is 4.26. The van der Waals surface area contributed by atoms with Crippen LogP contribution in [0.25, 0.3) is 0 Å².